The fourth-order valence-electron chi connectivity index (χ4n) is 3.59. The predicted molar refractivity (Wildman–Crippen MR) is 91.6 cm³/mol. The van der Waals surface area contributed by atoms with Gasteiger partial charge >= 0.3 is 6.18 Å². The van der Waals surface area contributed by atoms with Crippen LogP contribution in [0.5, 0.6) is 0 Å². The molecule has 0 fully saturated rings. The molecule has 0 aliphatic heterocycles. The quantitative estimate of drug-likeness (QED) is 0.898. The number of alkyl halides is 3. The van der Waals surface area contributed by atoms with Gasteiger partial charge in [-0.2, -0.15) is 18.3 Å². The highest BCUT2D eigenvalue weighted by Crippen LogP contribution is 2.35. The van der Waals surface area contributed by atoms with Gasteiger partial charge in [-0.1, -0.05) is 29.3 Å². The van der Waals surface area contributed by atoms with E-state index in [0.717, 1.165) is 29.5 Å². The first-order valence-corrected chi connectivity index (χ1v) is 8.73. The second-order valence-electron chi connectivity index (χ2n) is 6.91. The largest absolute Gasteiger partial charge is 0.435 e. The molecule has 1 aliphatic rings. The molecule has 0 unspecified atom stereocenters. The van der Waals surface area contributed by atoms with Gasteiger partial charge < -0.3 is 5.32 Å². The zero-order valence-corrected chi connectivity index (χ0v) is 14.9. The molecule has 0 bridgehead atoms. The maximum absolute atomic E-state index is 13.2. The fraction of sp³-hybridized carbons (Fsp3) is 0.474. The molecule has 0 saturated carbocycles. The molecule has 1 aromatic heterocycles. The number of fused-ring (bicyclic) bond motifs is 1. The van der Waals surface area contributed by atoms with Crippen LogP contribution >= 0.6 is 0 Å². The number of benzene rings is 1. The average Bonchev–Trinajstić information content (AvgIpc) is 2.91. The summed E-state index contributed by atoms with van der Waals surface area (Å²) >= 11 is 0. The minimum absolute atomic E-state index is 0.191. The standard InChI is InChI=1S/C19H22F3N3O/c1-12-7-13(2)9-14(8-12)10-23-17(26)11-25-16-6-4-3-5-15(16)18(24-25)19(20,21)22/h7-9H,3-6,10-11H2,1-2H3,(H,23,26). The van der Waals surface area contributed by atoms with E-state index in [1.165, 1.54) is 4.68 Å². The van der Waals surface area contributed by atoms with Crippen molar-refractivity contribution in [1.29, 1.82) is 0 Å². The van der Waals surface area contributed by atoms with E-state index in [0.29, 0.717) is 25.1 Å². The van der Waals surface area contributed by atoms with Crippen molar-refractivity contribution >= 4 is 5.91 Å². The maximum Gasteiger partial charge on any atom is 0.435 e. The number of hydrogen-bond acceptors (Lipinski definition) is 2. The number of nitrogens with zero attached hydrogens (tertiary/aromatic N) is 2. The molecule has 0 radical (unpaired) electrons. The van der Waals surface area contributed by atoms with Crippen LogP contribution in [0.4, 0.5) is 13.2 Å². The summed E-state index contributed by atoms with van der Waals surface area (Å²) < 4.78 is 40.8. The molecule has 7 heteroatoms. The van der Waals surface area contributed by atoms with Crippen LogP contribution in [0.25, 0.3) is 0 Å². The van der Waals surface area contributed by atoms with E-state index < -0.39 is 11.9 Å². The molecular weight excluding hydrogens is 343 g/mol. The summed E-state index contributed by atoms with van der Waals surface area (Å²) in [4.78, 5) is 12.2. The first-order valence-electron chi connectivity index (χ1n) is 8.73. The number of nitrogens with one attached hydrogen (secondary N) is 1. The Morgan fingerprint density at radius 2 is 1.81 bits per heavy atom. The van der Waals surface area contributed by atoms with Crippen LogP contribution in [0, 0.1) is 13.8 Å². The van der Waals surface area contributed by atoms with E-state index in [2.05, 4.69) is 10.4 Å². The molecule has 1 aromatic carbocycles. The molecule has 4 nitrogen and oxygen atoms in total. The van der Waals surface area contributed by atoms with Crippen LogP contribution < -0.4 is 5.32 Å². The first-order chi connectivity index (χ1) is 12.2. The number of aromatic nitrogens is 2. The number of carbonyl (C=O) groups is 1. The third kappa shape index (κ3) is 4.08. The highest BCUT2D eigenvalue weighted by atomic mass is 19.4. The van der Waals surface area contributed by atoms with Gasteiger partial charge in [0.05, 0.1) is 0 Å². The minimum Gasteiger partial charge on any atom is -0.350 e. The van der Waals surface area contributed by atoms with Gasteiger partial charge in [0.2, 0.25) is 5.91 Å². The lowest BCUT2D eigenvalue weighted by Crippen LogP contribution is -2.28. The third-order valence-electron chi connectivity index (χ3n) is 4.59. The smallest absolute Gasteiger partial charge is 0.350 e. The highest BCUT2D eigenvalue weighted by molar-refractivity contribution is 5.75. The summed E-state index contributed by atoms with van der Waals surface area (Å²) in [6.07, 6.45) is -2.04. The normalized spacial score (nSPS) is 14.2. The minimum atomic E-state index is -4.48. The van der Waals surface area contributed by atoms with E-state index in [1.807, 2.05) is 32.0 Å². The maximum atomic E-state index is 13.2. The first kappa shape index (κ1) is 18.5. The van der Waals surface area contributed by atoms with Gasteiger partial charge in [0.15, 0.2) is 5.69 Å². The van der Waals surface area contributed by atoms with E-state index in [4.69, 9.17) is 0 Å². The Hall–Kier alpha value is -2.31. The van der Waals surface area contributed by atoms with Gasteiger partial charge in [-0.3, -0.25) is 9.48 Å². The zero-order chi connectivity index (χ0) is 18.9. The summed E-state index contributed by atoms with van der Waals surface area (Å²) in [5.41, 5.74) is 3.13. The predicted octanol–water partition coefficient (Wildman–Crippen LogP) is 3.71. The van der Waals surface area contributed by atoms with Crippen molar-refractivity contribution in [3.05, 3.63) is 51.8 Å². The van der Waals surface area contributed by atoms with Crippen LogP contribution in [0.2, 0.25) is 0 Å². The second-order valence-corrected chi connectivity index (χ2v) is 6.91. The lowest BCUT2D eigenvalue weighted by atomic mass is 9.95. The van der Waals surface area contributed by atoms with Crippen molar-refractivity contribution in [2.45, 2.75) is 58.8 Å². The van der Waals surface area contributed by atoms with Gasteiger partial charge in [-0.05, 0) is 45.1 Å². The Balaban J connectivity index is 1.72. The summed E-state index contributed by atoms with van der Waals surface area (Å²) in [6, 6.07) is 6.00. The molecule has 1 heterocycles. The van der Waals surface area contributed by atoms with Crippen molar-refractivity contribution in [3.8, 4) is 0 Å². The van der Waals surface area contributed by atoms with E-state index in [1.54, 1.807) is 0 Å². The van der Waals surface area contributed by atoms with E-state index in [-0.39, 0.29) is 18.0 Å². The average molecular weight is 365 g/mol. The molecule has 2 aromatic rings. The van der Waals surface area contributed by atoms with Crippen LogP contribution in [0.1, 0.15) is 46.5 Å². The lowest BCUT2D eigenvalue weighted by Gasteiger charge is -2.14. The number of rotatable bonds is 4. The van der Waals surface area contributed by atoms with Gasteiger partial charge in [-0.25, -0.2) is 0 Å². The van der Waals surface area contributed by atoms with Crippen molar-refractivity contribution in [2.24, 2.45) is 0 Å². The van der Waals surface area contributed by atoms with Crippen LogP contribution in [-0.4, -0.2) is 15.7 Å². The van der Waals surface area contributed by atoms with Crippen LogP contribution in [-0.2, 0) is 36.9 Å². The molecule has 140 valence electrons. The fourth-order valence-corrected chi connectivity index (χ4v) is 3.59. The Kier molecular flexibility index (Phi) is 5.07. The number of halogens is 3. The molecule has 26 heavy (non-hydrogen) atoms. The van der Waals surface area contributed by atoms with Crippen LogP contribution in [0.15, 0.2) is 18.2 Å². The van der Waals surface area contributed by atoms with Crippen molar-refractivity contribution in [1.82, 2.24) is 15.1 Å². The topological polar surface area (TPSA) is 46.9 Å². The molecule has 1 amide bonds. The van der Waals surface area contributed by atoms with Gasteiger partial charge in [0.25, 0.3) is 0 Å². The van der Waals surface area contributed by atoms with Gasteiger partial charge in [0.1, 0.15) is 6.54 Å². The monoisotopic (exact) mass is 365 g/mol. The van der Waals surface area contributed by atoms with E-state index >= 15 is 0 Å². The van der Waals surface area contributed by atoms with Crippen molar-refractivity contribution in [3.63, 3.8) is 0 Å². The van der Waals surface area contributed by atoms with Gasteiger partial charge in [0, 0.05) is 17.8 Å². The molecule has 0 atom stereocenters. The summed E-state index contributed by atoms with van der Waals surface area (Å²) in [6.45, 7) is 4.11. The van der Waals surface area contributed by atoms with Crippen LogP contribution in [0.3, 0.4) is 0 Å². The summed E-state index contributed by atoms with van der Waals surface area (Å²) in [5.74, 6) is -0.339. The Morgan fingerprint density at radius 1 is 1.15 bits per heavy atom. The van der Waals surface area contributed by atoms with Crippen molar-refractivity contribution < 1.29 is 18.0 Å². The highest BCUT2D eigenvalue weighted by Gasteiger charge is 2.39. The number of amides is 1. The SMILES string of the molecule is Cc1cc(C)cc(CNC(=O)Cn2nc(C(F)(F)F)c3c2CCCC3)c1. The second kappa shape index (κ2) is 7.13. The molecular formula is C19H22F3N3O. The number of aryl methyl sites for hydroxylation is 2. The third-order valence-corrected chi connectivity index (χ3v) is 4.59. The molecule has 0 spiro atoms. The molecule has 3 rings (SSSR count). The zero-order valence-electron chi connectivity index (χ0n) is 14.9. The molecule has 0 saturated heterocycles. The van der Waals surface area contributed by atoms with Gasteiger partial charge in [-0.15, -0.1) is 0 Å². The molecule has 1 aliphatic carbocycles. The lowest BCUT2D eigenvalue weighted by molar-refractivity contribution is -0.142. The van der Waals surface area contributed by atoms with E-state index in [9.17, 15) is 18.0 Å². The number of carbonyl (C=O) groups excluding carboxylic acids is 1. The Morgan fingerprint density at radius 3 is 2.46 bits per heavy atom. The Bertz CT molecular complexity index is 804. The Labute approximate surface area is 150 Å². The summed E-state index contributed by atoms with van der Waals surface area (Å²) in [7, 11) is 0. The number of hydrogen-bond donors (Lipinski definition) is 1. The molecule has 1 N–H and O–H groups in total. The summed E-state index contributed by atoms with van der Waals surface area (Å²) in [5, 5.41) is 6.49. The van der Waals surface area contributed by atoms with Crippen molar-refractivity contribution in [2.75, 3.05) is 0 Å².